The summed E-state index contributed by atoms with van der Waals surface area (Å²) in [4.78, 5) is 2.37. The first kappa shape index (κ1) is 21.4. The summed E-state index contributed by atoms with van der Waals surface area (Å²) in [5, 5.41) is 3.88. The van der Waals surface area contributed by atoms with Crippen molar-refractivity contribution in [3.8, 4) is 11.5 Å². The molecule has 30 heavy (non-hydrogen) atoms. The Labute approximate surface area is 177 Å². The van der Waals surface area contributed by atoms with Gasteiger partial charge in [0.05, 0.1) is 18.2 Å². The lowest BCUT2D eigenvalue weighted by atomic mass is 10.1. The highest BCUT2D eigenvalue weighted by Gasteiger charge is 2.11. The van der Waals surface area contributed by atoms with E-state index in [1.54, 1.807) is 37.4 Å². The molecule has 0 aliphatic carbocycles. The predicted molar refractivity (Wildman–Crippen MR) is 118 cm³/mol. The van der Waals surface area contributed by atoms with Gasteiger partial charge in [0.2, 0.25) is 0 Å². The number of nitrogens with zero attached hydrogens (tertiary/aromatic N) is 1. The third-order valence-electron chi connectivity index (χ3n) is 4.47. The molecular weight excluding hydrogens is 400 g/mol. The van der Waals surface area contributed by atoms with E-state index < -0.39 is 10.0 Å². The maximum absolute atomic E-state index is 12.2. The predicted octanol–water partition coefficient (Wildman–Crippen LogP) is 4.15. The quantitative estimate of drug-likeness (QED) is 0.414. The van der Waals surface area contributed by atoms with E-state index in [0.29, 0.717) is 17.9 Å². The number of methoxy groups -OCH3 is 1. The summed E-state index contributed by atoms with van der Waals surface area (Å²) >= 11 is 0. The van der Waals surface area contributed by atoms with Gasteiger partial charge in [-0.3, -0.25) is 0 Å². The van der Waals surface area contributed by atoms with Gasteiger partial charge >= 0.3 is 0 Å². The van der Waals surface area contributed by atoms with Crippen LogP contribution in [-0.4, -0.2) is 21.7 Å². The first-order chi connectivity index (χ1) is 14.5. The van der Waals surface area contributed by atoms with Crippen molar-refractivity contribution in [2.45, 2.75) is 24.8 Å². The van der Waals surface area contributed by atoms with E-state index in [2.05, 4.69) is 16.9 Å². The molecule has 6 nitrogen and oxygen atoms in total. The van der Waals surface area contributed by atoms with E-state index in [4.69, 9.17) is 9.47 Å². The van der Waals surface area contributed by atoms with Gasteiger partial charge in [0.1, 0.15) is 18.1 Å². The molecule has 0 saturated heterocycles. The molecule has 0 radical (unpaired) electrons. The molecule has 0 heterocycles. The Morgan fingerprint density at radius 2 is 1.73 bits per heavy atom. The van der Waals surface area contributed by atoms with E-state index in [0.717, 1.165) is 17.7 Å². The second-order valence-electron chi connectivity index (χ2n) is 6.52. The molecule has 3 aromatic rings. The zero-order valence-corrected chi connectivity index (χ0v) is 17.7. The Morgan fingerprint density at radius 3 is 2.40 bits per heavy atom. The van der Waals surface area contributed by atoms with Crippen molar-refractivity contribution in [2.75, 3.05) is 7.11 Å². The van der Waals surface area contributed by atoms with Gasteiger partial charge in [-0.2, -0.15) is 13.5 Å². The number of nitrogens with one attached hydrogen (secondary N) is 1. The van der Waals surface area contributed by atoms with E-state index in [1.165, 1.54) is 23.9 Å². The maximum Gasteiger partial charge on any atom is 0.276 e. The van der Waals surface area contributed by atoms with Crippen LogP contribution >= 0.6 is 0 Å². The second kappa shape index (κ2) is 9.93. The monoisotopic (exact) mass is 424 g/mol. The van der Waals surface area contributed by atoms with Crippen LogP contribution < -0.4 is 14.3 Å². The van der Waals surface area contributed by atoms with Crippen LogP contribution in [0.15, 0.2) is 82.8 Å². The van der Waals surface area contributed by atoms with Crippen LogP contribution in [0.5, 0.6) is 11.5 Å². The lowest BCUT2D eigenvalue weighted by molar-refractivity contribution is 0.296. The van der Waals surface area contributed by atoms with Crippen LogP contribution in [0.2, 0.25) is 0 Å². The third kappa shape index (κ3) is 5.61. The molecule has 0 aliphatic heterocycles. The first-order valence-electron chi connectivity index (χ1n) is 9.50. The van der Waals surface area contributed by atoms with Gasteiger partial charge in [0, 0.05) is 5.56 Å². The molecule has 156 valence electrons. The number of benzene rings is 3. The summed E-state index contributed by atoms with van der Waals surface area (Å²) in [5.41, 5.74) is 2.79. The molecule has 0 bridgehead atoms. The van der Waals surface area contributed by atoms with Crippen LogP contribution in [0.1, 0.15) is 23.6 Å². The number of aryl methyl sites for hydroxylation is 1. The number of sulfonamides is 1. The molecule has 0 saturated carbocycles. The van der Waals surface area contributed by atoms with Crippen molar-refractivity contribution in [3.63, 3.8) is 0 Å². The van der Waals surface area contributed by atoms with Crippen LogP contribution in [-0.2, 0) is 23.1 Å². The molecule has 0 unspecified atom stereocenters. The SMILES string of the molecule is CCc1ccc(OCc2cc(/C=N\NS(=O)(=O)c3ccccc3)ccc2OC)cc1. The van der Waals surface area contributed by atoms with Gasteiger partial charge in [0.25, 0.3) is 10.0 Å². The van der Waals surface area contributed by atoms with Crippen LogP contribution in [0, 0.1) is 0 Å². The van der Waals surface area contributed by atoms with Gasteiger partial charge in [0.15, 0.2) is 0 Å². The fourth-order valence-electron chi connectivity index (χ4n) is 2.80. The lowest BCUT2D eigenvalue weighted by Gasteiger charge is -2.11. The number of ether oxygens (including phenoxy) is 2. The smallest absolute Gasteiger partial charge is 0.276 e. The van der Waals surface area contributed by atoms with Crippen LogP contribution in [0.4, 0.5) is 0 Å². The second-order valence-corrected chi connectivity index (χ2v) is 8.18. The molecular formula is C23H24N2O4S. The lowest BCUT2D eigenvalue weighted by Crippen LogP contribution is -2.18. The van der Waals surface area contributed by atoms with Gasteiger partial charge in [-0.25, -0.2) is 4.83 Å². The fourth-order valence-corrected chi connectivity index (χ4v) is 3.61. The maximum atomic E-state index is 12.2. The van der Waals surface area contributed by atoms with Gasteiger partial charge in [-0.05, 0) is 60.0 Å². The van der Waals surface area contributed by atoms with Crippen LogP contribution in [0.25, 0.3) is 0 Å². The molecule has 0 aliphatic rings. The van der Waals surface area contributed by atoms with Gasteiger partial charge in [-0.15, -0.1) is 0 Å². The molecule has 3 rings (SSSR count). The molecule has 0 spiro atoms. The summed E-state index contributed by atoms with van der Waals surface area (Å²) in [5.74, 6) is 1.45. The number of hydrogen-bond acceptors (Lipinski definition) is 5. The summed E-state index contributed by atoms with van der Waals surface area (Å²) in [6, 6.07) is 21.5. The zero-order chi connectivity index (χ0) is 21.4. The topological polar surface area (TPSA) is 77.0 Å². The minimum Gasteiger partial charge on any atom is -0.496 e. The van der Waals surface area contributed by atoms with E-state index in [-0.39, 0.29) is 4.90 Å². The van der Waals surface area contributed by atoms with E-state index in [1.807, 2.05) is 30.3 Å². The normalized spacial score (nSPS) is 11.4. The van der Waals surface area contributed by atoms with Crippen LogP contribution in [0.3, 0.4) is 0 Å². The van der Waals surface area contributed by atoms with Crippen molar-refractivity contribution in [2.24, 2.45) is 5.10 Å². The minimum absolute atomic E-state index is 0.153. The Kier molecular flexibility index (Phi) is 7.08. The number of hydrogen-bond donors (Lipinski definition) is 1. The first-order valence-corrected chi connectivity index (χ1v) is 11.0. The molecule has 0 atom stereocenters. The summed E-state index contributed by atoms with van der Waals surface area (Å²) in [6.45, 7) is 2.42. The standard InChI is InChI=1S/C23H24N2O4S/c1-3-18-9-12-21(13-10-18)29-17-20-15-19(11-14-23(20)28-2)16-24-25-30(26,27)22-7-5-4-6-8-22/h4-16,25H,3,17H2,1-2H3/b24-16-. The largest absolute Gasteiger partial charge is 0.496 e. The molecule has 0 amide bonds. The zero-order valence-electron chi connectivity index (χ0n) is 16.9. The molecule has 7 heteroatoms. The highest BCUT2D eigenvalue weighted by molar-refractivity contribution is 7.89. The van der Waals surface area contributed by atoms with Gasteiger partial charge in [-0.1, -0.05) is 37.3 Å². The summed E-state index contributed by atoms with van der Waals surface area (Å²) in [7, 11) is -2.11. The number of rotatable bonds is 9. The van der Waals surface area contributed by atoms with Crippen molar-refractivity contribution < 1.29 is 17.9 Å². The van der Waals surface area contributed by atoms with E-state index >= 15 is 0 Å². The molecule has 0 aromatic heterocycles. The third-order valence-corrected chi connectivity index (χ3v) is 5.71. The summed E-state index contributed by atoms with van der Waals surface area (Å²) in [6.07, 6.45) is 2.42. The molecule has 3 aromatic carbocycles. The highest BCUT2D eigenvalue weighted by Crippen LogP contribution is 2.22. The number of hydrazone groups is 1. The Bertz CT molecular complexity index is 1100. The Hall–Kier alpha value is -3.32. The summed E-state index contributed by atoms with van der Waals surface area (Å²) < 4.78 is 35.7. The molecule has 1 N–H and O–H groups in total. The average molecular weight is 425 g/mol. The Morgan fingerprint density at radius 1 is 1.00 bits per heavy atom. The van der Waals surface area contributed by atoms with Crippen molar-refractivity contribution >= 4 is 16.2 Å². The van der Waals surface area contributed by atoms with Crippen molar-refractivity contribution in [1.29, 1.82) is 0 Å². The van der Waals surface area contributed by atoms with E-state index in [9.17, 15) is 8.42 Å². The Balaban J connectivity index is 1.69. The van der Waals surface area contributed by atoms with Crippen molar-refractivity contribution in [1.82, 2.24) is 4.83 Å². The average Bonchev–Trinajstić information content (AvgIpc) is 2.78. The van der Waals surface area contributed by atoms with Crippen molar-refractivity contribution in [3.05, 3.63) is 89.5 Å². The molecule has 0 fully saturated rings. The fraction of sp³-hybridized carbons (Fsp3) is 0.174. The minimum atomic E-state index is -3.70. The highest BCUT2D eigenvalue weighted by atomic mass is 32.2. The van der Waals surface area contributed by atoms with Gasteiger partial charge < -0.3 is 9.47 Å².